The van der Waals surface area contributed by atoms with Gasteiger partial charge in [0, 0.05) is 11.4 Å². The smallest absolute Gasteiger partial charge is 0.238 e. The van der Waals surface area contributed by atoms with Gasteiger partial charge >= 0.3 is 0 Å². The first-order valence-corrected chi connectivity index (χ1v) is 13.1. The fraction of sp³-hybridized carbons (Fsp3) is 0.318. The standard InChI is InChI=1S/C22H26N6O3S2/c1-16(21(29)24-17-8-7-11-19(14-17)33(23,30)31)32-22-26-25-20(15-27-12-5-6-13-27)28(22)18-9-3-2-4-10-18/h2-4,7-11,14,16H,5-6,12-13,15H2,1H3,(H,24,29)(H2,23,30,31)/t16-/m0/s1. The van der Waals surface area contributed by atoms with Crippen molar-refractivity contribution >= 4 is 33.4 Å². The summed E-state index contributed by atoms with van der Waals surface area (Å²) in [6, 6.07) is 15.7. The number of hydrogen-bond acceptors (Lipinski definition) is 7. The third-order valence-corrected chi connectivity index (χ3v) is 7.31. The van der Waals surface area contributed by atoms with Crippen molar-refractivity contribution in [3.8, 4) is 5.69 Å². The van der Waals surface area contributed by atoms with Crippen LogP contribution in [-0.4, -0.2) is 52.3 Å². The second-order valence-electron chi connectivity index (χ2n) is 7.88. The van der Waals surface area contributed by atoms with Gasteiger partial charge in [0.05, 0.1) is 16.7 Å². The molecule has 3 N–H and O–H groups in total. The highest BCUT2D eigenvalue weighted by molar-refractivity contribution is 8.00. The number of nitrogens with zero attached hydrogens (tertiary/aromatic N) is 4. The molecule has 0 saturated carbocycles. The molecular formula is C22H26N6O3S2. The minimum absolute atomic E-state index is 0.0593. The lowest BCUT2D eigenvalue weighted by Gasteiger charge is -2.17. The molecule has 3 aromatic rings. The molecular weight excluding hydrogens is 460 g/mol. The Morgan fingerprint density at radius 1 is 1.12 bits per heavy atom. The van der Waals surface area contributed by atoms with E-state index in [1.807, 2.05) is 34.9 Å². The molecule has 0 spiro atoms. The lowest BCUT2D eigenvalue weighted by molar-refractivity contribution is -0.115. The molecule has 1 aliphatic rings. The van der Waals surface area contributed by atoms with Gasteiger partial charge in [0.25, 0.3) is 0 Å². The topological polar surface area (TPSA) is 123 Å². The maximum absolute atomic E-state index is 12.8. The Morgan fingerprint density at radius 2 is 1.85 bits per heavy atom. The number of primary sulfonamides is 1. The molecule has 1 amide bonds. The number of nitrogens with two attached hydrogens (primary N) is 1. The van der Waals surface area contributed by atoms with Gasteiger partial charge in [0.2, 0.25) is 15.9 Å². The second-order valence-corrected chi connectivity index (χ2v) is 10.7. The Kier molecular flexibility index (Phi) is 7.13. The van der Waals surface area contributed by atoms with E-state index in [0.717, 1.165) is 24.6 Å². The number of nitrogens with one attached hydrogen (secondary N) is 1. The van der Waals surface area contributed by atoms with Gasteiger partial charge in [-0.3, -0.25) is 14.3 Å². The predicted octanol–water partition coefficient (Wildman–Crippen LogP) is 2.63. The van der Waals surface area contributed by atoms with Crippen LogP contribution in [0, 0.1) is 0 Å². The Balaban J connectivity index is 1.53. The molecule has 0 unspecified atom stereocenters. The Bertz CT molecular complexity index is 1220. The summed E-state index contributed by atoms with van der Waals surface area (Å²) in [6.07, 6.45) is 2.37. The van der Waals surface area contributed by atoms with Crippen LogP contribution in [0.25, 0.3) is 5.69 Å². The lowest BCUT2D eigenvalue weighted by atomic mass is 10.3. The normalized spacial score (nSPS) is 15.5. The van der Waals surface area contributed by atoms with Gasteiger partial charge in [-0.1, -0.05) is 36.0 Å². The van der Waals surface area contributed by atoms with Crippen LogP contribution in [-0.2, 0) is 21.4 Å². The molecule has 1 aromatic heterocycles. The quantitative estimate of drug-likeness (QED) is 0.469. The summed E-state index contributed by atoms with van der Waals surface area (Å²) in [5, 5.41) is 16.9. The SMILES string of the molecule is C[C@H](Sc1nnc(CN2CCCC2)n1-c1ccccc1)C(=O)Nc1cccc(S(N)(=O)=O)c1. The number of rotatable bonds is 8. The number of carbonyl (C=O) groups is 1. The average Bonchev–Trinajstić information content (AvgIpc) is 3.44. The Morgan fingerprint density at radius 3 is 2.55 bits per heavy atom. The van der Waals surface area contributed by atoms with E-state index in [2.05, 4.69) is 20.4 Å². The van der Waals surface area contributed by atoms with E-state index in [1.165, 1.54) is 42.8 Å². The molecule has 11 heteroatoms. The first kappa shape index (κ1) is 23.4. The fourth-order valence-corrected chi connectivity index (χ4v) is 5.11. The number of amides is 1. The molecule has 1 saturated heterocycles. The van der Waals surface area contributed by atoms with E-state index in [9.17, 15) is 13.2 Å². The van der Waals surface area contributed by atoms with Crippen molar-refractivity contribution in [2.45, 2.75) is 41.6 Å². The molecule has 33 heavy (non-hydrogen) atoms. The lowest BCUT2D eigenvalue weighted by Crippen LogP contribution is -2.23. The van der Waals surface area contributed by atoms with E-state index in [0.29, 0.717) is 17.4 Å². The van der Waals surface area contributed by atoms with E-state index in [1.54, 1.807) is 13.0 Å². The van der Waals surface area contributed by atoms with Gasteiger partial charge in [-0.2, -0.15) is 0 Å². The molecule has 1 fully saturated rings. The van der Waals surface area contributed by atoms with Crippen molar-refractivity contribution < 1.29 is 13.2 Å². The van der Waals surface area contributed by atoms with Crippen molar-refractivity contribution in [1.29, 1.82) is 0 Å². The Labute approximate surface area is 197 Å². The summed E-state index contributed by atoms with van der Waals surface area (Å²) in [5.74, 6) is 0.550. The number of anilines is 1. The van der Waals surface area contributed by atoms with E-state index in [-0.39, 0.29) is 10.8 Å². The van der Waals surface area contributed by atoms with Gasteiger partial charge < -0.3 is 5.32 Å². The highest BCUT2D eigenvalue weighted by Gasteiger charge is 2.23. The molecule has 2 heterocycles. The molecule has 1 atom stereocenters. The zero-order chi connectivity index (χ0) is 23.4. The minimum Gasteiger partial charge on any atom is -0.325 e. The average molecular weight is 487 g/mol. The van der Waals surface area contributed by atoms with Gasteiger partial charge in [-0.15, -0.1) is 10.2 Å². The second kappa shape index (κ2) is 10.0. The van der Waals surface area contributed by atoms with Crippen LogP contribution >= 0.6 is 11.8 Å². The maximum Gasteiger partial charge on any atom is 0.238 e. The zero-order valence-corrected chi connectivity index (χ0v) is 19.8. The number of likely N-dealkylation sites (tertiary alicyclic amines) is 1. The van der Waals surface area contributed by atoms with E-state index in [4.69, 9.17) is 5.14 Å². The van der Waals surface area contributed by atoms with E-state index < -0.39 is 15.3 Å². The monoisotopic (exact) mass is 486 g/mol. The summed E-state index contributed by atoms with van der Waals surface area (Å²) in [7, 11) is -3.86. The van der Waals surface area contributed by atoms with Crippen molar-refractivity contribution in [3.05, 3.63) is 60.4 Å². The van der Waals surface area contributed by atoms with Crippen LogP contribution in [0.2, 0.25) is 0 Å². The largest absolute Gasteiger partial charge is 0.325 e. The van der Waals surface area contributed by atoms with Crippen molar-refractivity contribution in [1.82, 2.24) is 19.7 Å². The summed E-state index contributed by atoms with van der Waals surface area (Å²) in [5.41, 5.74) is 1.30. The molecule has 1 aliphatic heterocycles. The van der Waals surface area contributed by atoms with Crippen molar-refractivity contribution in [3.63, 3.8) is 0 Å². The molecule has 9 nitrogen and oxygen atoms in total. The molecule has 4 rings (SSSR count). The fourth-order valence-electron chi connectivity index (χ4n) is 3.66. The third kappa shape index (κ3) is 5.80. The summed E-state index contributed by atoms with van der Waals surface area (Å²) >= 11 is 1.30. The number of carbonyl (C=O) groups excluding carboxylic acids is 1. The first-order valence-electron chi connectivity index (χ1n) is 10.6. The van der Waals surface area contributed by atoms with Crippen LogP contribution in [0.15, 0.2) is 64.6 Å². The van der Waals surface area contributed by atoms with Gasteiger partial charge in [0.15, 0.2) is 11.0 Å². The van der Waals surface area contributed by atoms with Crippen molar-refractivity contribution in [2.75, 3.05) is 18.4 Å². The number of thioether (sulfide) groups is 1. The predicted molar refractivity (Wildman–Crippen MR) is 128 cm³/mol. The maximum atomic E-state index is 12.8. The Hall–Kier alpha value is -2.73. The van der Waals surface area contributed by atoms with Crippen LogP contribution in [0.1, 0.15) is 25.6 Å². The number of sulfonamides is 1. The van der Waals surface area contributed by atoms with Crippen molar-refractivity contribution in [2.24, 2.45) is 5.14 Å². The number of benzene rings is 2. The minimum atomic E-state index is -3.86. The van der Waals surface area contributed by atoms with Gasteiger partial charge in [-0.05, 0) is 63.2 Å². The number of aromatic nitrogens is 3. The summed E-state index contributed by atoms with van der Waals surface area (Å²) in [4.78, 5) is 15.1. The molecule has 0 bridgehead atoms. The molecule has 0 aliphatic carbocycles. The summed E-state index contributed by atoms with van der Waals surface area (Å²) in [6.45, 7) is 4.55. The molecule has 174 valence electrons. The van der Waals surface area contributed by atoms with Crippen LogP contribution in [0.5, 0.6) is 0 Å². The van der Waals surface area contributed by atoms with Crippen LogP contribution < -0.4 is 10.5 Å². The van der Waals surface area contributed by atoms with E-state index >= 15 is 0 Å². The van der Waals surface area contributed by atoms with Gasteiger partial charge in [0.1, 0.15) is 0 Å². The molecule has 2 aromatic carbocycles. The van der Waals surface area contributed by atoms with Gasteiger partial charge in [-0.25, -0.2) is 13.6 Å². The zero-order valence-electron chi connectivity index (χ0n) is 18.2. The van der Waals surface area contributed by atoms with Crippen LogP contribution in [0.3, 0.4) is 0 Å². The first-order chi connectivity index (χ1) is 15.8. The third-order valence-electron chi connectivity index (χ3n) is 5.36. The number of para-hydroxylation sites is 1. The number of hydrogen-bond donors (Lipinski definition) is 2. The molecule has 0 radical (unpaired) electrons. The van der Waals surface area contributed by atoms with Crippen LogP contribution in [0.4, 0.5) is 5.69 Å². The highest BCUT2D eigenvalue weighted by Crippen LogP contribution is 2.27. The summed E-state index contributed by atoms with van der Waals surface area (Å²) < 4.78 is 25.2. The highest BCUT2D eigenvalue weighted by atomic mass is 32.2.